The van der Waals surface area contributed by atoms with Gasteiger partial charge in [-0.1, -0.05) is 17.7 Å². The van der Waals surface area contributed by atoms with Gasteiger partial charge in [-0.15, -0.1) is 0 Å². The Labute approximate surface area is 102 Å². The molecular weight excluding hydrogens is 218 g/mol. The first-order chi connectivity index (χ1) is 8.09. The molecule has 1 fully saturated rings. The van der Waals surface area contributed by atoms with E-state index < -0.39 is 5.97 Å². The zero-order valence-corrected chi connectivity index (χ0v) is 10.3. The maximum Gasteiger partial charge on any atom is 0.335 e. The van der Waals surface area contributed by atoms with Gasteiger partial charge in [0.1, 0.15) is 0 Å². The number of carbonyl (C=O) groups is 1. The molecule has 0 amide bonds. The van der Waals surface area contributed by atoms with Crippen LogP contribution in [0.15, 0.2) is 24.3 Å². The van der Waals surface area contributed by atoms with E-state index in [0.29, 0.717) is 11.7 Å². The summed E-state index contributed by atoms with van der Waals surface area (Å²) in [6, 6.07) is 6.75. The summed E-state index contributed by atoms with van der Waals surface area (Å²) in [5, 5.41) is 11.7. The fourth-order valence-electron chi connectivity index (χ4n) is 1.39. The van der Waals surface area contributed by atoms with Crippen LogP contribution >= 0.6 is 0 Å². The number of ether oxygens (including phenoxy) is 1. The van der Waals surface area contributed by atoms with Crippen LogP contribution in [0.5, 0.6) is 0 Å². The van der Waals surface area contributed by atoms with Gasteiger partial charge in [0.15, 0.2) is 0 Å². The number of hydrogen-bond donors (Lipinski definition) is 2. The number of rotatable bonds is 1. The molecule has 4 heteroatoms. The molecular formula is C13H19NO3. The molecule has 1 unspecified atom stereocenters. The number of benzene rings is 1. The van der Waals surface area contributed by atoms with E-state index in [4.69, 9.17) is 9.84 Å². The molecule has 0 radical (unpaired) electrons. The molecule has 1 heterocycles. The molecule has 94 valence electrons. The number of carboxylic acid groups (broad SMARTS) is 1. The number of hydrogen-bond acceptors (Lipinski definition) is 3. The quantitative estimate of drug-likeness (QED) is 0.780. The summed E-state index contributed by atoms with van der Waals surface area (Å²) in [7, 11) is 0. The largest absolute Gasteiger partial charge is 0.478 e. The predicted octanol–water partition coefficient (Wildman–Crippen LogP) is 1.69. The van der Waals surface area contributed by atoms with E-state index in [-0.39, 0.29) is 0 Å². The van der Waals surface area contributed by atoms with Gasteiger partial charge in [-0.3, -0.25) is 0 Å². The highest BCUT2D eigenvalue weighted by atomic mass is 16.5. The Hall–Kier alpha value is -1.39. The van der Waals surface area contributed by atoms with Gasteiger partial charge in [0.05, 0.1) is 18.3 Å². The third kappa shape index (κ3) is 5.47. The molecule has 2 N–H and O–H groups in total. The van der Waals surface area contributed by atoms with Crippen molar-refractivity contribution in [2.75, 3.05) is 19.7 Å². The second-order valence-corrected chi connectivity index (χ2v) is 4.06. The highest BCUT2D eigenvalue weighted by Gasteiger charge is 2.04. The first kappa shape index (κ1) is 13.7. The van der Waals surface area contributed by atoms with Crippen molar-refractivity contribution in [1.29, 1.82) is 0 Å². The third-order valence-corrected chi connectivity index (χ3v) is 2.41. The van der Waals surface area contributed by atoms with E-state index in [1.165, 1.54) is 0 Å². The van der Waals surface area contributed by atoms with Gasteiger partial charge in [-0.05, 0) is 26.0 Å². The van der Waals surface area contributed by atoms with Gasteiger partial charge in [0, 0.05) is 13.1 Å². The highest BCUT2D eigenvalue weighted by Crippen LogP contribution is 2.01. The van der Waals surface area contributed by atoms with Crippen LogP contribution in [0.2, 0.25) is 0 Å². The summed E-state index contributed by atoms with van der Waals surface area (Å²) >= 11 is 0. The molecule has 1 aliphatic heterocycles. The smallest absolute Gasteiger partial charge is 0.335 e. The predicted molar refractivity (Wildman–Crippen MR) is 66.4 cm³/mol. The van der Waals surface area contributed by atoms with E-state index in [1.54, 1.807) is 24.3 Å². The topological polar surface area (TPSA) is 58.6 Å². The van der Waals surface area contributed by atoms with Crippen molar-refractivity contribution in [2.24, 2.45) is 0 Å². The van der Waals surface area contributed by atoms with Crippen molar-refractivity contribution in [3.05, 3.63) is 35.4 Å². The lowest BCUT2D eigenvalue weighted by molar-refractivity contribution is 0.0410. The summed E-state index contributed by atoms with van der Waals surface area (Å²) in [5.74, 6) is -0.875. The van der Waals surface area contributed by atoms with Crippen molar-refractivity contribution in [3.63, 3.8) is 0 Å². The first-order valence-corrected chi connectivity index (χ1v) is 5.72. The van der Waals surface area contributed by atoms with Crippen LogP contribution in [-0.4, -0.2) is 36.9 Å². The second kappa shape index (κ2) is 7.04. The van der Waals surface area contributed by atoms with Crippen LogP contribution in [-0.2, 0) is 4.74 Å². The molecule has 17 heavy (non-hydrogen) atoms. The fourth-order valence-corrected chi connectivity index (χ4v) is 1.39. The SMILES string of the molecule is CC1CNCCO1.Cc1ccc(C(=O)O)cc1. The van der Waals surface area contributed by atoms with Crippen LogP contribution in [0.3, 0.4) is 0 Å². The molecule has 1 aromatic carbocycles. The maximum absolute atomic E-state index is 10.3. The van der Waals surface area contributed by atoms with E-state index in [0.717, 1.165) is 25.3 Å². The van der Waals surface area contributed by atoms with E-state index in [1.807, 2.05) is 6.92 Å². The van der Waals surface area contributed by atoms with Crippen LogP contribution in [0.1, 0.15) is 22.8 Å². The normalized spacial score (nSPS) is 19.1. The summed E-state index contributed by atoms with van der Waals surface area (Å²) in [5.41, 5.74) is 1.41. The fraction of sp³-hybridized carbons (Fsp3) is 0.462. The van der Waals surface area contributed by atoms with E-state index in [9.17, 15) is 4.79 Å². The molecule has 0 aromatic heterocycles. The number of morpholine rings is 1. The number of carboxylic acids is 1. The molecule has 4 nitrogen and oxygen atoms in total. The highest BCUT2D eigenvalue weighted by molar-refractivity contribution is 5.87. The van der Waals surface area contributed by atoms with Crippen LogP contribution in [0.25, 0.3) is 0 Å². The number of aromatic carboxylic acids is 1. The van der Waals surface area contributed by atoms with Crippen LogP contribution in [0, 0.1) is 6.92 Å². The zero-order chi connectivity index (χ0) is 12.7. The standard InChI is InChI=1S/C8H8O2.C5H11NO/c1-6-2-4-7(5-3-6)8(9)10;1-5-4-6-2-3-7-5/h2-5H,1H3,(H,9,10);5-6H,2-4H2,1H3. The molecule has 1 aliphatic rings. The number of aryl methyl sites for hydroxylation is 1. The van der Waals surface area contributed by atoms with Crippen molar-refractivity contribution >= 4 is 5.97 Å². The Morgan fingerprint density at radius 2 is 2.06 bits per heavy atom. The van der Waals surface area contributed by atoms with Gasteiger partial charge in [-0.25, -0.2) is 4.79 Å². The van der Waals surface area contributed by atoms with E-state index in [2.05, 4.69) is 12.2 Å². The maximum atomic E-state index is 10.3. The van der Waals surface area contributed by atoms with Crippen LogP contribution in [0.4, 0.5) is 0 Å². The molecule has 0 aliphatic carbocycles. The molecule has 2 rings (SSSR count). The molecule has 0 spiro atoms. The molecule has 1 atom stereocenters. The average molecular weight is 237 g/mol. The second-order valence-electron chi connectivity index (χ2n) is 4.06. The van der Waals surface area contributed by atoms with Crippen LogP contribution < -0.4 is 5.32 Å². The average Bonchev–Trinajstić information content (AvgIpc) is 2.31. The lowest BCUT2D eigenvalue weighted by Gasteiger charge is -2.18. The van der Waals surface area contributed by atoms with Gasteiger partial charge < -0.3 is 15.2 Å². The van der Waals surface area contributed by atoms with Gasteiger partial charge in [0.25, 0.3) is 0 Å². The molecule has 0 saturated carbocycles. The number of nitrogens with one attached hydrogen (secondary N) is 1. The third-order valence-electron chi connectivity index (χ3n) is 2.41. The lowest BCUT2D eigenvalue weighted by Crippen LogP contribution is -2.36. The summed E-state index contributed by atoms with van der Waals surface area (Å²) in [4.78, 5) is 10.3. The van der Waals surface area contributed by atoms with Crippen molar-refractivity contribution in [2.45, 2.75) is 20.0 Å². The molecule has 1 saturated heterocycles. The van der Waals surface area contributed by atoms with E-state index >= 15 is 0 Å². The minimum Gasteiger partial charge on any atom is -0.478 e. The summed E-state index contributed by atoms with van der Waals surface area (Å²) < 4.78 is 5.22. The Kier molecular flexibility index (Phi) is 5.66. The van der Waals surface area contributed by atoms with Crippen molar-refractivity contribution in [1.82, 2.24) is 5.32 Å². The minimum absolute atomic E-state index is 0.339. The zero-order valence-electron chi connectivity index (χ0n) is 10.3. The Morgan fingerprint density at radius 3 is 2.41 bits per heavy atom. The first-order valence-electron chi connectivity index (χ1n) is 5.72. The monoisotopic (exact) mass is 237 g/mol. The molecule has 1 aromatic rings. The Balaban J connectivity index is 0.000000181. The summed E-state index contributed by atoms with van der Waals surface area (Å²) in [6.45, 7) is 6.91. The van der Waals surface area contributed by atoms with Crippen molar-refractivity contribution < 1.29 is 14.6 Å². The van der Waals surface area contributed by atoms with Crippen molar-refractivity contribution in [3.8, 4) is 0 Å². The van der Waals surface area contributed by atoms with Gasteiger partial charge in [-0.2, -0.15) is 0 Å². The van der Waals surface area contributed by atoms with Gasteiger partial charge in [0.2, 0.25) is 0 Å². The molecule has 0 bridgehead atoms. The Bertz CT molecular complexity index is 342. The summed E-state index contributed by atoms with van der Waals surface area (Å²) in [6.07, 6.45) is 0.425. The van der Waals surface area contributed by atoms with Gasteiger partial charge >= 0.3 is 5.97 Å². The Morgan fingerprint density at radius 1 is 1.41 bits per heavy atom. The minimum atomic E-state index is -0.875. The lowest BCUT2D eigenvalue weighted by atomic mass is 10.2.